The molecule has 0 aromatic heterocycles. The first kappa shape index (κ1) is 11.0. The molecule has 3 unspecified atom stereocenters. The zero-order valence-corrected chi connectivity index (χ0v) is 10.0. The predicted molar refractivity (Wildman–Crippen MR) is 57.6 cm³/mol. The van der Waals surface area contributed by atoms with Crippen LogP contribution in [0.25, 0.3) is 0 Å². The van der Waals surface area contributed by atoms with Gasteiger partial charge in [-0.1, -0.05) is 20.8 Å². The summed E-state index contributed by atoms with van der Waals surface area (Å²) in [7, 11) is 0. The molecule has 0 amide bonds. The van der Waals surface area contributed by atoms with Crippen LogP contribution in [0.2, 0.25) is 0 Å². The third-order valence-corrected chi connectivity index (χ3v) is 5.67. The smallest absolute Gasteiger partial charge is 0.247 e. The second-order valence-electron chi connectivity index (χ2n) is 6.22. The van der Waals surface area contributed by atoms with Crippen LogP contribution in [0.3, 0.4) is 0 Å². The maximum Gasteiger partial charge on any atom is 0.355 e. The predicted octanol–water partition coefficient (Wildman–Crippen LogP) is 3.19. The quantitative estimate of drug-likeness (QED) is 0.703. The molecule has 3 atom stereocenters. The maximum atomic E-state index is 10.5. The molecule has 2 rings (SSSR count). The number of rotatable bonds is 3. The second-order valence-corrected chi connectivity index (χ2v) is 6.22. The van der Waals surface area contributed by atoms with Crippen LogP contribution >= 0.6 is 0 Å². The molecule has 0 heterocycles. The molecule has 0 aromatic carbocycles. The summed E-state index contributed by atoms with van der Waals surface area (Å²) in [6.45, 7) is 7.09. The van der Waals surface area contributed by atoms with Crippen LogP contribution in [0.4, 0.5) is 0 Å². The zero-order valence-electron chi connectivity index (χ0n) is 10.0. The van der Waals surface area contributed by atoms with E-state index >= 15 is 0 Å². The van der Waals surface area contributed by atoms with E-state index in [1.165, 1.54) is 19.3 Å². The van der Waals surface area contributed by atoms with Gasteiger partial charge in [0.15, 0.2) is 0 Å². The van der Waals surface area contributed by atoms with Crippen LogP contribution in [0.15, 0.2) is 0 Å². The molecule has 85 valence electrons. The standard InChI is InChI=1S/C13H21O2/c1-12(2)9-6-7-13(12,3)10(8-9)4-5-11(14)15/h9-10H,4-8H2,1-3H3. The minimum Gasteiger partial charge on any atom is -0.247 e. The van der Waals surface area contributed by atoms with Crippen molar-refractivity contribution < 1.29 is 9.90 Å². The molecule has 2 aliphatic carbocycles. The fraction of sp³-hybridized carbons (Fsp3) is 0.923. The van der Waals surface area contributed by atoms with E-state index in [0.29, 0.717) is 16.7 Å². The van der Waals surface area contributed by atoms with Crippen molar-refractivity contribution in [3.63, 3.8) is 0 Å². The van der Waals surface area contributed by atoms with E-state index in [4.69, 9.17) is 0 Å². The van der Waals surface area contributed by atoms with Crippen molar-refractivity contribution in [2.45, 2.75) is 52.9 Å². The Morgan fingerprint density at radius 2 is 2.00 bits per heavy atom. The van der Waals surface area contributed by atoms with Crippen LogP contribution in [-0.4, -0.2) is 5.97 Å². The zero-order chi connectivity index (χ0) is 11.3. The van der Waals surface area contributed by atoms with Gasteiger partial charge in [0.25, 0.3) is 0 Å². The fourth-order valence-electron chi connectivity index (χ4n) is 4.10. The van der Waals surface area contributed by atoms with Gasteiger partial charge in [0.1, 0.15) is 0 Å². The lowest BCUT2D eigenvalue weighted by molar-refractivity contribution is -0.143. The van der Waals surface area contributed by atoms with E-state index in [0.717, 1.165) is 12.3 Å². The summed E-state index contributed by atoms with van der Waals surface area (Å²) < 4.78 is 0. The van der Waals surface area contributed by atoms with Crippen molar-refractivity contribution in [1.82, 2.24) is 0 Å². The summed E-state index contributed by atoms with van der Waals surface area (Å²) in [6.07, 6.45) is 4.91. The first-order chi connectivity index (χ1) is 6.88. The lowest BCUT2D eigenvalue weighted by Crippen LogP contribution is -2.32. The van der Waals surface area contributed by atoms with Crippen molar-refractivity contribution >= 4 is 5.97 Å². The third kappa shape index (κ3) is 1.41. The van der Waals surface area contributed by atoms with Gasteiger partial charge in [0.2, 0.25) is 0 Å². The van der Waals surface area contributed by atoms with E-state index in [1.807, 2.05) is 0 Å². The molecule has 0 N–H and O–H groups in total. The van der Waals surface area contributed by atoms with Crippen LogP contribution in [-0.2, 0) is 9.90 Å². The maximum absolute atomic E-state index is 10.5. The first-order valence-electron chi connectivity index (χ1n) is 6.08. The average molecular weight is 209 g/mol. The molecule has 2 saturated carbocycles. The molecule has 2 aliphatic rings. The Kier molecular flexibility index (Phi) is 2.36. The van der Waals surface area contributed by atoms with Gasteiger partial charge >= 0.3 is 5.97 Å². The summed E-state index contributed by atoms with van der Waals surface area (Å²) in [5.74, 6) is 0.526. The summed E-state index contributed by atoms with van der Waals surface area (Å²) in [5.41, 5.74) is 0.775. The highest BCUT2D eigenvalue weighted by molar-refractivity contribution is 5.66. The van der Waals surface area contributed by atoms with E-state index in [-0.39, 0.29) is 6.42 Å². The van der Waals surface area contributed by atoms with Gasteiger partial charge in [0, 0.05) is 0 Å². The van der Waals surface area contributed by atoms with Gasteiger partial charge in [-0.05, 0) is 48.3 Å². The molecule has 1 radical (unpaired) electrons. The Hall–Kier alpha value is -0.530. The normalized spacial score (nSPS) is 42.1. The summed E-state index contributed by atoms with van der Waals surface area (Å²) in [5, 5.41) is 10.5. The largest absolute Gasteiger partial charge is 0.355 e. The van der Waals surface area contributed by atoms with Gasteiger partial charge in [-0.3, -0.25) is 0 Å². The second kappa shape index (κ2) is 3.23. The monoisotopic (exact) mass is 209 g/mol. The van der Waals surface area contributed by atoms with E-state index < -0.39 is 5.97 Å². The van der Waals surface area contributed by atoms with Crippen molar-refractivity contribution in [2.75, 3.05) is 0 Å². The van der Waals surface area contributed by atoms with Crippen LogP contribution in [0.5, 0.6) is 0 Å². The van der Waals surface area contributed by atoms with Gasteiger partial charge in [0.05, 0.1) is 6.42 Å². The highest BCUT2D eigenvalue weighted by atomic mass is 16.4. The molecular formula is C13H21O2. The van der Waals surface area contributed by atoms with Gasteiger partial charge in [-0.15, -0.1) is 0 Å². The van der Waals surface area contributed by atoms with Crippen molar-refractivity contribution in [2.24, 2.45) is 22.7 Å². The molecule has 2 bridgehead atoms. The minimum absolute atomic E-state index is 0.239. The molecule has 2 heteroatoms. The fourth-order valence-corrected chi connectivity index (χ4v) is 4.10. The highest BCUT2D eigenvalue weighted by Gasteiger charge is 2.60. The molecular weight excluding hydrogens is 188 g/mol. The first-order valence-corrected chi connectivity index (χ1v) is 6.08. The molecule has 15 heavy (non-hydrogen) atoms. The summed E-state index contributed by atoms with van der Waals surface area (Å²) >= 11 is 0. The Labute approximate surface area is 92.1 Å². The minimum atomic E-state index is -0.890. The SMILES string of the molecule is CC1(C)C2CCC1(C)C(CCC([O])=O)C2. The molecule has 2 fully saturated rings. The van der Waals surface area contributed by atoms with E-state index in [1.54, 1.807) is 0 Å². The summed E-state index contributed by atoms with van der Waals surface area (Å²) in [4.78, 5) is 10.5. The van der Waals surface area contributed by atoms with E-state index in [9.17, 15) is 9.90 Å². The van der Waals surface area contributed by atoms with Crippen LogP contribution < -0.4 is 0 Å². The number of carbonyl (C=O) groups is 1. The Bertz CT molecular complexity index is 282. The number of hydrogen-bond acceptors (Lipinski definition) is 1. The third-order valence-electron chi connectivity index (χ3n) is 5.67. The van der Waals surface area contributed by atoms with Gasteiger partial charge < -0.3 is 0 Å². The van der Waals surface area contributed by atoms with E-state index in [2.05, 4.69) is 20.8 Å². The van der Waals surface area contributed by atoms with Crippen molar-refractivity contribution in [3.8, 4) is 0 Å². The van der Waals surface area contributed by atoms with Crippen molar-refractivity contribution in [1.29, 1.82) is 0 Å². The number of fused-ring (bicyclic) bond motifs is 2. The number of hydrogen-bond donors (Lipinski definition) is 0. The molecule has 0 saturated heterocycles. The molecule has 2 nitrogen and oxygen atoms in total. The lowest BCUT2D eigenvalue weighted by Gasteiger charge is -2.39. The Morgan fingerprint density at radius 3 is 2.40 bits per heavy atom. The van der Waals surface area contributed by atoms with Gasteiger partial charge in [-0.25, -0.2) is 9.90 Å². The molecule has 0 aromatic rings. The Morgan fingerprint density at radius 1 is 1.33 bits per heavy atom. The average Bonchev–Trinajstić information content (AvgIpc) is 2.46. The summed E-state index contributed by atoms with van der Waals surface area (Å²) in [6, 6.07) is 0. The van der Waals surface area contributed by atoms with Crippen LogP contribution in [0.1, 0.15) is 52.9 Å². The van der Waals surface area contributed by atoms with Crippen molar-refractivity contribution in [3.05, 3.63) is 0 Å². The highest BCUT2D eigenvalue weighted by Crippen LogP contribution is 2.68. The van der Waals surface area contributed by atoms with Gasteiger partial charge in [-0.2, -0.15) is 0 Å². The molecule has 0 aliphatic heterocycles. The van der Waals surface area contributed by atoms with Crippen LogP contribution in [0, 0.1) is 22.7 Å². The number of carbonyl (C=O) groups excluding carboxylic acids is 1. The lowest BCUT2D eigenvalue weighted by atomic mass is 9.66. The topological polar surface area (TPSA) is 37.0 Å². The Balaban J connectivity index is 2.09. The molecule has 0 spiro atoms.